The molecule has 2 rings (SSSR count). The molecule has 0 bridgehead atoms. The summed E-state index contributed by atoms with van der Waals surface area (Å²) >= 11 is 11.5. The van der Waals surface area contributed by atoms with Crippen LogP contribution in [0.15, 0.2) is 17.2 Å². The van der Waals surface area contributed by atoms with Gasteiger partial charge in [0.2, 0.25) is 10.0 Å². The molecule has 1 atom stereocenters. The second-order valence-corrected chi connectivity index (χ2v) is 7.26. The molecule has 7 heteroatoms. The number of pyridine rings is 1. The number of hydrogen-bond acceptors (Lipinski definition) is 3. The van der Waals surface area contributed by atoms with Crippen LogP contribution in [0.2, 0.25) is 10.2 Å². The van der Waals surface area contributed by atoms with Crippen LogP contribution in [0.25, 0.3) is 0 Å². The fraction of sp³-hybridized carbons (Fsp3) is 0.545. The van der Waals surface area contributed by atoms with E-state index in [9.17, 15) is 8.42 Å². The Kier molecular flexibility index (Phi) is 4.16. The van der Waals surface area contributed by atoms with Gasteiger partial charge in [0.05, 0.1) is 5.02 Å². The van der Waals surface area contributed by atoms with Crippen LogP contribution in [0, 0.1) is 5.92 Å². The van der Waals surface area contributed by atoms with E-state index in [4.69, 9.17) is 23.2 Å². The van der Waals surface area contributed by atoms with E-state index in [2.05, 4.69) is 11.9 Å². The van der Waals surface area contributed by atoms with Crippen molar-refractivity contribution >= 4 is 33.2 Å². The maximum atomic E-state index is 12.4. The van der Waals surface area contributed by atoms with E-state index in [-0.39, 0.29) is 15.1 Å². The van der Waals surface area contributed by atoms with E-state index < -0.39 is 10.0 Å². The highest BCUT2D eigenvalue weighted by Gasteiger charge is 2.29. The van der Waals surface area contributed by atoms with E-state index in [1.165, 1.54) is 16.6 Å². The van der Waals surface area contributed by atoms with Crippen LogP contribution in [0.3, 0.4) is 0 Å². The van der Waals surface area contributed by atoms with E-state index in [0.29, 0.717) is 19.0 Å². The SMILES string of the molecule is CC1CCCN(S(=O)(=O)c2cnc(Cl)c(Cl)c2)C1. The lowest BCUT2D eigenvalue weighted by molar-refractivity contribution is 0.281. The Labute approximate surface area is 117 Å². The number of hydrogen-bond donors (Lipinski definition) is 0. The van der Waals surface area contributed by atoms with Crippen molar-refractivity contribution in [1.82, 2.24) is 9.29 Å². The molecule has 0 aliphatic carbocycles. The van der Waals surface area contributed by atoms with E-state index in [0.717, 1.165) is 12.8 Å². The molecule has 1 aromatic heterocycles. The number of halogens is 2. The van der Waals surface area contributed by atoms with Gasteiger partial charge in [0.25, 0.3) is 0 Å². The Morgan fingerprint density at radius 1 is 1.44 bits per heavy atom. The van der Waals surface area contributed by atoms with Crippen molar-refractivity contribution in [3.8, 4) is 0 Å². The average Bonchev–Trinajstić information content (AvgIpc) is 2.32. The summed E-state index contributed by atoms with van der Waals surface area (Å²) in [5, 5.41) is 0.269. The minimum Gasteiger partial charge on any atom is -0.242 e. The van der Waals surface area contributed by atoms with Crippen molar-refractivity contribution in [2.24, 2.45) is 5.92 Å². The zero-order chi connectivity index (χ0) is 13.3. The number of sulfonamides is 1. The van der Waals surface area contributed by atoms with Gasteiger partial charge < -0.3 is 0 Å². The first-order valence-electron chi connectivity index (χ1n) is 5.72. The van der Waals surface area contributed by atoms with Crippen LogP contribution in [-0.2, 0) is 10.0 Å². The normalized spacial score (nSPS) is 22.1. The van der Waals surface area contributed by atoms with Crippen molar-refractivity contribution in [3.05, 3.63) is 22.4 Å². The van der Waals surface area contributed by atoms with Crippen molar-refractivity contribution in [1.29, 1.82) is 0 Å². The van der Waals surface area contributed by atoms with E-state index in [1.54, 1.807) is 0 Å². The topological polar surface area (TPSA) is 50.3 Å². The van der Waals surface area contributed by atoms with Crippen LogP contribution < -0.4 is 0 Å². The lowest BCUT2D eigenvalue weighted by Crippen LogP contribution is -2.39. The molecule has 0 amide bonds. The van der Waals surface area contributed by atoms with Gasteiger partial charge in [0.1, 0.15) is 10.0 Å². The molecule has 2 heterocycles. The highest BCUT2D eigenvalue weighted by atomic mass is 35.5. The standard InChI is InChI=1S/C11H14Cl2N2O2S/c1-8-3-2-4-15(7-8)18(16,17)9-5-10(12)11(13)14-6-9/h5-6,8H,2-4,7H2,1H3. The first-order valence-corrected chi connectivity index (χ1v) is 7.92. The summed E-state index contributed by atoms with van der Waals surface area (Å²) in [4.78, 5) is 3.89. The fourth-order valence-corrected chi connectivity index (χ4v) is 3.96. The second kappa shape index (κ2) is 5.33. The summed E-state index contributed by atoms with van der Waals surface area (Å²) in [6.45, 7) is 3.14. The molecular weight excluding hydrogens is 295 g/mol. The zero-order valence-corrected chi connectivity index (χ0v) is 12.3. The summed E-state index contributed by atoms with van der Waals surface area (Å²) in [6, 6.07) is 1.35. The Hall–Kier alpha value is -0.360. The van der Waals surface area contributed by atoms with Gasteiger partial charge in [0.15, 0.2) is 0 Å². The van der Waals surface area contributed by atoms with Gasteiger partial charge in [-0.15, -0.1) is 0 Å². The molecular formula is C11H14Cl2N2O2S. The Bertz CT molecular complexity index is 548. The minimum absolute atomic E-state index is 0.103. The summed E-state index contributed by atoms with van der Waals surface area (Å²) in [5.74, 6) is 0.379. The van der Waals surface area contributed by atoms with Crippen LogP contribution >= 0.6 is 23.2 Å². The maximum absolute atomic E-state index is 12.4. The van der Waals surface area contributed by atoms with E-state index >= 15 is 0 Å². The highest BCUT2D eigenvalue weighted by molar-refractivity contribution is 7.89. The molecule has 0 saturated carbocycles. The Morgan fingerprint density at radius 2 is 2.17 bits per heavy atom. The lowest BCUT2D eigenvalue weighted by atomic mass is 10.0. The molecule has 1 saturated heterocycles. The number of nitrogens with zero attached hydrogens (tertiary/aromatic N) is 2. The summed E-state index contributed by atoms with van der Waals surface area (Å²) in [7, 11) is -3.51. The Morgan fingerprint density at radius 3 is 2.78 bits per heavy atom. The third-order valence-corrected chi connectivity index (χ3v) is 5.55. The van der Waals surface area contributed by atoms with Crippen molar-refractivity contribution in [3.63, 3.8) is 0 Å². The van der Waals surface area contributed by atoms with Crippen LogP contribution in [0.4, 0.5) is 0 Å². The quantitative estimate of drug-likeness (QED) is 0.789. The molecule has 1 aromatic rings. The van der Waals surface area contributed by atoms with Crippen molar-refractivity contribution in [2.75, 3.05) is 13.1 Å². The molecule has 4 nitrogen and oxygen atoms in total. The predicted octanol–water partition coefficient (Wildman–Crippen LogP) is 2.81. The zero-order valence-electron chi connectivity index (χ0n) is 9.94. The van der Waals surface area contributed by atoms with Crippen LogP contribution in [0.1, 0.15) is 19.8 Å². The van der Waals surface area contributed by atoms with Gasteiger partial charge in [-0.3, -0.25) is 0 Å². The minimum atomic E-state index is -3.51. The third-order valence-electron chi connectivity index (χ3n) is 3.03. The first kappa shape index (κ1) is 14.1. The van der Waals surface area contributed by atoms with E-state index in [1.807, 2.05) is 0 Å². The largest absolute Gasteiger partial charge is 0.244 e. The monoisotopic (exact) mass is 308 g/mol. The molecule has 1 unspecified atom stereocenters. The number of piperidine rings is 1. The summed E-state index contributed by atoms with van der Waals surface area (Å²) in [6.07, 6.45) is 3.20. The van der Waals surface area contributed by atoms with Crippen molar-refractivity contribution in [2.45, 2.75) is 24.7 Å². The highest BCUT2D eigenvalue weighted by Crippen LogP contribution is 2.27. The predicted molar refractivity (Wildman–Crippen MR) is 71.4 cm³/mol. The van der Waals surface area contributed by atoms with Crippen molar-refractivity contribution < 1.29 is 8.42 Å². The molecule has 0 spiro atoms. The molecule has 0 N–H and O–H groups in total. The van der Waals surface area contributed by atoms with Crippen LogP contribution in [-0.4, -0.2) is 30.8 Å². The molecule has 100 valence electrons. The van der Waals surface area contributed by atoms with Gasteiger partial charge in [-0.25, -0.2) is 13.4 Å². The Balaban J connectivity index is 2.32. The van der Waals surface area contributed by atoms with Gasteiger partial charge in [-0.05, 0) is 24.8 Å². The number of aromatic nitrogens is 1. The summed E-state index contributed by atoms with van der Waals surface area (Å²) < 4.78 is 26.2. The molecule has 1 aliphatic heterocycles. The molecule has 1 aliphatic rings. The van der Waals surface area contributed by atoms with Crippen LogP contribution in [0.5, 0.6) is 0 Å². The maximum Gasteiger partial charge on any atom is 0.244 e. The molecule has 0 radical (unpaired) electrons. The smallest absolute Gasteiger partial charge is 0.242 e. The second-order valence-electron chi connectivity index (χ2n) is 4.55. The van der Waals surface area contributed by atoms with Gasteiger partial charge in [-0.2, -0.15) is 4.31 Å². The van der Waals surface area contributed by atoms with Gasteiger partial charge in [0, 0.05) is 19.3 Å². The third kappa shape index (κ3) is 2.79. The fourth-order valence-electron chi connectivity index (χ4n) is 2.06. The lowest BCUT2D eigenvalue weighted by Gasteiger charge is -2.29. The summed E-state index contributed by atoms with van der Waals surface area (Å²) in [5.41, 5.74) is 0. The average molecular weight is 309 g/mol. The molecule has 18 heavy (non-hydrogen) atoms. The number of rotatable bonds is 2. The molecule has 0 aromatic carbocycles. The van der Waals surface area contributed by atoms with Gasteiger partial charge >= 0.3 is 0 Å². The van der Waals surface area contributed by atoms with Gasteiger partial charge in [-0.1, -0.05) is 30.1 Å². The molecule has 1 fully saturated rings. The first-order chi connectivity index (χ1) is 8.41.